The van der Waals surface area contributed by atoms with Gasteiger partial charge in [-0.05, 0) is 50.7 Å². The smallest absolute Gasteiger partial charge is 0.191 e. The van der Waals surface area contributed by atoms with Crippen LogP contribution in [0.2, 0.25) is 0 Å². The van der Waals surface area contributed by atoms with Crippen molar-refractivity contribution in [2.45, 2.75) is 45.1 Å². The standard InChI is InChI=1S/C22H38N4O3/c1-2-27-14-4-10-23-22(24-11-6-21-5-3-15-29-21)25-20-7-12-26(13-8-20)17-19-9-16-28-18-19/h3,5,15,19-20H,2,4,6-14,16-18H2,1H3,(H2,23,24,25). The summed E-state index contributed by atoms with van der Waals surface area (Å²) in [7, 11) is 0. The van der Waals surface area contributed by atoms with Gasteiger partial charge in [-0.25, -0.2) is 0 Å². The van der Waals surface area contributed by atoms with Crippen LogP contribution in [0.4, 0.5) is 0 Å². The van der Waals surface area contributed by atoms with Gasteiger partial charge < -0.3 is 29.4 Å². The van der Waals surface area contributed by atoms with Gasteiger partial charge in [0, 0.05) is 65.0 Å². The first-order valence-electron chi connectivity index (χ1n) is 11.3. The normalized spacial score (nSPS) is 21.6. The molecule has 1 aromatic rings. The predicted molar refractivity (Wildman–Crippen MR) is 115 cm³/mol. The van der Waals surface area contributed by atoms with Gasteiger partial charge in [0.05, 0.1) is 12.9 Å². The van der Waals surface area contributed by atoms with Crippen LogP contribution in [0.25, 0.3) is 0 Å². The van der Waals surface area contributed by atoms with Gasteiger partial charge in [-0.1, -0.05) is 0 Å². The highest BCUT2D eigenvalue weighted by molar-refractivity contribution is 5.80. The van der Waals surface area contributed by atoms with E-state index in [1.54, 1.807) is 6.26 Å². The maximum Gasteiger partial charge on any atom is 0.191 e. The van der Waals surface area contributed by atoms with Gasteiger partial charge in [-0.3, -0.25) is 4.99 Å². The number of nitrogens with one attached hydrogen (secondary N) is 2. The second-order valence-corrected chi connectivity index (χ2v) is 7.99. The zero-order valence-electron chi connectivity index (χ0n) is 17.9. The topological polar surface area (TPSA) is 71.3 Å². The minimum Gasteiger partial charge on any atom is -0.469 e. The molecule has 2 saturated heterocycles. The molecule has 1 atom stereocenters. The van der Waals surface area contributed by atoms with E-state index >= 15 is 0 Å². The third kappa shape index (κ3) is 8.36. The molecule has 7 heteroatoms. The Morgan fingerprint density at radius 3 is 2.93 bits per heavy atom. The maximum atomic E-state index is 5.52. The molecule has 0 radical (unpaired) electrons. The van der Waals surface area contributed by atoms with Gasteiger partial charge in [0.2, 0.25) is 0 Å². The van der Waals surface area contributed by atoms with Crippen molar-refractivity contribution in [1.82, 2.24) is 15.5 Å². The van der Waals surface area contributed by atoms with Crippen molar-refractivity contribution in [3.63, 3.8) is 0 Å². The van der Waals surface area contributed by atoms with E-state index in [0.717, 1.165) is 95.9 Å². The van der Waals surface area contributed by atoms with Gasteiger partial charge in [0.15, 0.2) is 5.96 Å². The van der Waals surface area contributed by atoms with Crippen LogP contribution < -0.4 is 10.6 Å². The van der Waals surface area contributed by atoms with Crippen molar-refractivity contribution in [2.24, 2.45) is 10.9 Å². The van der Waals surface area contributed by atoms with Crippen molar-refractivity contribution >= 4 is 5.96 Å². The number of likely N-dealkylation sites (tertiary alicyclic amines) is 1. The second kappa shape index (κ2) is 12.9. The molecule has 2 aliphatic heterocycles. The summed E-state index contributed by atoms with van der Waals surface area (Å²) in [5.41, 5.74) is 0. The number of piperidine rings is 1. The Hall–Kier alpha value is -1.57. The molecule has 0 saturated carbocycles. The zero-order valence-corrected chi connectivity index (χ0v) is 17.9. The Bertz CT molecular complexity index is 565. The van der Waals surface area contributed by atoms with Crippen LogP contribution in [-0.4, -0.2) is 76.1 Å². The first-order valence-corrected chi connectivity index (χ1v) is 11.3. The lowest BCUT2D eigenvalue weighted by Crippen LogP contribution is -2.49. The Morgan fingerprint density at radius 2 is 2.21 bits per heavy atom. The molecule has 2 N–H and O–H groups in total. The number of hydrogen-bond acceptors (Lipinski definition) is 5. The van der Waals surface area contributed by atoms with Crippen LogP contribution in [0.1, 0.15) is 38.4 Å². The van der Waals surface area contributed by atoms with Crippen LogP contribution in [0, 0.1) is 5.92 Å². The molecular formula is C22H38N4O3. The molecule has 3 heterocycles. The van der Waals surface area contributed by atoms with E-state index in [4.69, 9.17) is 18.9 Å². The van der Waals surface area contributed by atoms with E-state index in [2.05, 4.69) is 15.5 Å². The molecule has 2 fully saturated rings. The lowest BCUT2D eigenvalue weighted by molar-refractivity contribution is 0.146. The molecule has 0 amide bonds. The number of aliphatic imine (C=N–C) groups is 1. The monoisotopic (exact) mass is 406 g/mol. The zero-order chi connectivity index (χ0) is 20.2. The largest absolute Gasteiger partial charge is 0.469 e. The molecule has 3 rings (SSSR count). The summed E-state index contributed by atoms with van der Waals surface area (Å²) in [4.78, 5) is 7.36. The van der Waals surface area contributed by atoms with E-state index in [1.807, 2.05) is 19.1 Å². The first kappa shape index (κ1) is 22.1. The molecule has 1 unspecified atom stereocenters. The van der Waals surface area contributed by atoms with Crippen molar-refractivity contribution in [3.05, 3.63) is 24.2 Å². The Balaban J connectivity index is 1.40. The summed E-state index contributed by atoms with van der Waals surface area (Å²) >= 11 is 0. The van der Waals surface area contributed by atoms with Crippen molar-refractivity contribution < 1.29 is 13.9 Å². The SMILES string of the molecule is CCOCCCN=C(NCCc1ccco1)NC1CCN(CC2CCOC2)CC1. The number of guanidine groups is 1. The summed E-state index contributed by atoms with van der Waals surface area (Å²) in [5.74, 6) is 2.64. The lowest BCUT2D eigenvalue weighted by atomic mass is 10.0. The van der Waals surface area contributed by atoms with Crippen LogP contribution in [0.15, 0.2) is 27.8 Å². The molecule has 164 valence electrons. The quantitative estimate of drug-likeness (QED) is 0.334. The van der Waals surface area contributed by atoms with Gasteiger partial charge in [0.25, 0.3) is 0 Å². The predicted octanol–water partition coefficient (Wildman–Crippen LogP) is 2.28. The van der Waals surface area contributed by atoms with E-state index in [9.17, 15) is 0 Å². The van der Waals surface area contributed by atoms with Gasteiger partial charge >= 0.3 is 0 Å². The maximum absolute atomic E-state index is 5.52. The fourth-order valence-corrected chi connectivity index (χ4v) is 3.96. The van der Waals surface area contributed by atoms with E-state index < -0.39 is 0 Å². The van der Waals surface area contributed by atoms with Crippen LogP contribution in [-0.2, 0) is 15.9 Å². The number of ether oxygens (including phenoxy) is 2. The van der Waals surface area contributed by atoms with Crippen molar-refractivity contribution in [3.8, 4) is 0 Å². The van der Waals surface area contributed by atoms with E-state index in [-0.39, 0.29) is 0 Å². The summed E-state index contributed by atoms with van der Waals surface area (Å²) < 4.78 is 16.4. The number of rotatable bonds is 11. The molecule has 0 aromatic carbocycles. The molecule has 0 bridgehead atoms. The summed E-state index contributed by atoms with van der Waals surface area (Å²) in [6.45, 7) is 10.5. The fraction of sp³-hybridized carbons (Fsp3) is 0.773. The molecule has 0 aliphatic carbocycles. The average Bonchev–Trinajstić information content (AvgIpc) is 3.43. The van der Waals surface area contributed by atoms with E-state index in [1.165, 1.54) is 13.0 Å². The third-order valence-electron chi connectivity index (χ3n) is 5.63. The third-order valence-corrected chi connectivity index (χ3v) is 5.63. The number of hydrogen-bond donors (Lipinski definition) is 2. The Morgan fingerprint density at radius 1 is 1.31 bits per heavy atom. The van der Waals surface area contributed by atoms with Crippen LogP contribution in [0.5, 0.6) is 0 Å². The highest BCUT2D eigenvalue weighted by Gasteiger charge is 2.24. The average molecular weight is 407 g/mol. The molecule has 0 spiro atoms. The molecule has 7 nitrogen and oxygen atoms in total. The highest BCUT2D eigenvalue weighted by atomic mass is 16.5. The minimum atomic E-state index is 0.479. The van der Waals surface area contributed by atoms with Gasteiger partial charge in [-0.2, -0.15) is 0 Å². The van der Waals surface area contributed by atoms with Crippen molar-refractivity contribution in [1.29, 1.82) is 0 Å². The second-order valence-electron chi connectivity index (χ2n) is 7.99. The first-order chi connectivity index (χ1) is 14.3. The summed E-state index contributed by atoms with van der Waals surface area (Å²) in [6, 6.07) is 4.42. The van der Waals surface area contributed by atoms with Gasteiger partial charge in [-0.15, -0.1) is 0 Å². The van der Waals surface area contributed by atoms with Crippen LogP contribution >= 0.6 is 0 Å². The molecule has 2 aliphatic rings. The van der Waals surface area contributed by atoms with E-state index in [0.29, 0.717) is 6.04 Å². The van der Waals surface area contributed by atoms with Crippen LogP contribution in [0.3, 0.4) is 0 Å². The molecule has 1 aromatic heterocycles. The summed E-state index contributed by atoms with van der Waals surface area (Å²) in [6.07, 6.45) is 7.06. The Labute approximate surface area is 175 Å². The van der Waals surface area contributed by atoms with Crippen molar-refractivity contribution in [2.75, 3.05) is 59.2 Å². The minimum absolute atomic E-state index is 0.479. The highest BCUT2D eigenvalue weighted by Crippen LogP contribution is 2.17. The summed E-state index contributed by atoms with van der Waals surface area (Å²) in [5, 5.41) is 7.13. The lowest BCUT2D eigenvalue weighted by Gasteiger charge is -2.34. The fourth-order valence-electron chi connectivity index (χ4n) is 3.96. The molecule has 29 heavy (non-hydrogen) atoms. The number of nitrogens with zero attached hydrogens (tertiary/aromatic N) is 2. The Kier molecular flexibility index (Phi) is 9.82. The molecular weight excluding hydrogens is 368 g/mol. The number of furan rings is 1. The van der Waals surface area contributed by atoms with Gasteiger partial charge in [0.1, 0.15) is 5.76 Å².